The van der Waals surface area contributed by atoms with Crippen LogP contribution in [0.4, 0.5) is 20.6 Å². The lowest BCUT2D eigenvalue weighted by Gasteiger charge is -2.09. The van der Waals surface area contributed by atoms with Crippen LogP contribution in [-0.2, 0) is 0 Å². The van der Waals surface area contributed by atoms with Gasteiger partial charge in [-0.05, 0) is 24.3 Å². The molecule has 2 aromatic carbocycles. The molecule has 110 valence electrons. The SMILES string of the molecule is COc1cc(F)cc(NC(=O)Nc2cc(Cl)cc(Cl)c2)c1. The number of carbonyl (C=O) groups excluding carboxylic acids is 1. The normalized spacial score (nSPS) is 10.1. The maximum atomic E-state index is 13.3. The van der Waals surface area contributed by atoms with Crippen LogP contribution in [-0.4, -0.2) is 13.1 Å². The molecule has 21 heavy (non-hydrogen) atoms. The van der Waals surface area contributed by atoms with Crippen molar-refractivity contribution in [3.8, 4) is 5.75 Å². The van der Waals surface area contributed by atoms with E-state index < -0.39 is 11.8 Å². The molecule has 0 aliphatic heterocycles. The summed E-state index contributed by atoms with van der Waals surface area (Å²) in [7, 11) is 1.41. The zero-order valence-corrected chi connectivity index (χ0v) is 12.4. The third kappa shape index (κ3) is 4.51. The molecule has 0 saturated heterocycles. The molecule has 0 bridgehead atoms. The molecule has 0 spiro atoms. The topological polar surface area (TPSA) is 50.4 Å². The molecule has 2 N–H and O–H groups in total. The van der Waals surface area contributed by atoms with E-state index in [1.807, 2.05) is 0 Å². The summed E-state index contributed by atoms with van der Waals surface area (Å²) in [4.78, 5) is 11.8. The van der Waals surface area contributed by atoms with Crippen molar-refractivity contribution in [3.05, 3.63) is 52.3 Å². The van der Waals surface area contributed by atoms with Crippen molar-refractivity contribution in [1.82, 2.24) is 0 Å². The van der Waals surface area contributed by atoms with Gasteiger partial charge in [0.1, 0.15) is 11.6 Å². The van der Waals surface area contributed by atoms with Crippen LogP contribution >= 0.6 is 23.2 Å². The maximum Gasteiger partial charge on any atom is 0.323 e. The minimum absolute atomic E-state index is 0.262. The van der Waals surface area contributed by atoms with Crippen LogP contribution in [0.15, 0.2) is 36.4 Å². The lowest BCUT2D eigenvalue weighted by Crippen LogP contribution is -2.19. The Labute approximate surface area is 130 Å². The highest BCUT2D eigenvalue weighted by Gasteiger charge is 2.07. The number of rotatable bonds is 3. The Hall–Kier alpha value is -1.98. The Morgan fingerprint density at radius 3 is 2.14 bits per heavy atom. The highest BCUT2D eigenvalue weighted by Crippen LogP contribution is 2.23. The molecule has 2 rings (SSSR count). The molecule has 0 fully saturated rings. The molecule has 0 radical (unpaired) electrons. The first-order valence-electron chi connectivity index (χ1n) is 5.85. The maximum absolute atomic E-state index is 13.3. The van der Waals surface area contributed by atoms with Gasteiger partial charge in [0.2, 0.25) is 0 Å². The van der Waals surface area contributed by atoms with Gasteiger partial charge in [0, 0.05) is 33.6 Å². The van der Waals surface area contributed by atoms with Gasteiger partial charge >= 0.3 is 6.03 Å². The fraction of sp³-hybridized carbons (Fsp3) is 0.0714. The molecule has 2 amide bonds. The number of ether oxygens (including phenoxy) is 1. The van der Waals surface area contributed by atoms with Gasteiger partial charge in [-0.15, -0.1) is 0 Å². The molecular weight excluding hydrogens is 318 g/mol. The minimum atomic E-state index is -0.555. The van der Waals surface area contributed by atoms with Gasteiger partial charge < -0.3 is 15.4 Å². The largest absolute Gasteiger partial charge is 0.497 e. The van der Waals surface area contributed by atoms with E-state index in [1.54, 1.807) is 18.2 Å². The van der Waals surface area contributed by atoms with Crippen molar-refractivity contribution in [2.45, 2.75) is 0 Å². The number of hydrogen-bond acceptors (Lipinski definition) is 2. The van der Waals surface area contributed by atoms with E-state index in [-0.39, 0.29) is 5.69 Å². The number of benzene rings is 2. The van der Waals surface area contributed by atoms with Gasteiger partial charge in [0.05, 0.1) is 7.11 Å². The second kappa shape index (κ2) is 6.65. The molecule has 0 aliphatic rings. The fourth-order valence-electron chi connectivity index (χ4n) is 1.67. The van der Waals surface area contributed by atoms with Crippen LogP contribution in [0.3, 0.4) is 0 Å². The lowest BCUT2D eigenvalue weighted by atomic mass is 10.3. The Bertz CT molecular complexity index is 660. The molecule has 0 saturated carbocycles. The van der Waals surface area contributed by atoms with Gasteiger partial charge in [-0.1, -0.05) is 23.2 Å². The molecule has 0 aliphatic carbocycles. The van der Waals surface area contributed by atoms with Gasteiger partial charge in [-0.25, -0.2) is 9.18 Å². The van der Waals surface area contributed by atoms with Crippen molar-refractivity contribution in [3.63, 3.8) is 0 Å². The predicted molar refractivity (Wildman–Crippen MR) is 82.1 cm³/mol. The first-order valence-corrected chi connectivity index (χ1v) is 6.60. The first-order chi connectivity index (χ1) is 9.96. The van der Waals surface area contributed by atoms with E-state index in [0.29, 0.717) is 21.5 Å². The first kappa shape index (κ1) is 15.4. The van der Waals surface area contributed by atoms with Gasteiger partial charge in [-0.3, -0.25) is 0 Å². The zero-order valence-electron chi connectivity index (χ0n) is 10.9. The molecule has 2 aromatic rings. The standard InChI is InChI=1S/C14H11Cl2FN2O2/c1-21-13-6-10(17)5-12(7-13)19-14(20)18-11-3-8(15)2-9(16)4-11/h2-7H,1H3,(H2,18,19,20). The average molecular weight is 329 g/mol. The third-order valence-electron chi connectivity index (χ3n) is 2.49. The van der Waals surface area contributed by atoms with E-state index in [2.05, 4.69) is 10.6 Å². The van der Waals surface area contributed by atoms with Crippen molar-refractivity contribution in [2.75, 3.05) is 17.7 Å². The van der Waals surface area contributed by atoms with Crippen LogP contribution in [0, 0.1) is 5.82 Å². The summed E-state index contributed by atoms with van der Waals surface area (Å²) in [6.07, 6.45) is 0. The molecular formula is C14H11Cl2FN2O2. The molecule has 0 aromatic heterocycles. The number of halogens is 3. The van der Waals surface area contributed by atoms with Crippen LogP contribution in [0.2, 0.25) is 10.0 Å². The quantitative estimate of drug-likeness (QED) is 0.851. The Balaban J connectivity index is 2.09. The van der Waals surface area contributed by atoms with E-state index in [4.69, 9.17) is 27.9 Å². The Kier molecular flexibility index (Phi) is 4.88. The monoisotopic (exact) mass is 328 g/mol. The molecule has 7 heteroatoms. The predicted octanol–water partition coefficient (Wildman–Crippen LogP) is 4.79. The number of amides is 2. The number of hydrogen-bond donors (Lipinski definition) is 2. The van der Waals surface area contributed by atoms with Crippen LogP contribution < -0.4 is 15.4 Å². The summed E-state index contributed by atoms with van der Waals surface area (Å²) in [5.41, 5.74) is 0.686. The highest BCUT2D eigenvalue weighted by molar-refractivity contribution is 6.35. The van der Waals surface area contributed by atoms with Crippen molar-refractivity contribution >= 4 is 40.6 Å². The Morgan fingerprint density at radius 2 is 1.57 bits per heavy atom. The number of carbonyl (C=O) groups is 1. The zero-order chi connectivity index (χ0) is 15.4. The summed E-state index contributed by atoms with van der Waals surface area (Å²) in [5.74, 6) is -0.216. The second-order valence-corrected chi connectivity index (χ2v) is 4.99. The van der Waals surface area contributed by atoms with Crippen molar-refractivity contribution < 1.29 is 13.9 Å². The molecule has 4 nitrogen and oxygen atoms in total. The van der Waals surface area contributed by atoms with Crippen LogP contribution in [0.5, 0.6) is 5.75 Å². The third-order valence-corrected chi connectivity index (χ3v) is 2.92. The van der Waals surface area contributed by atoms with Gasteiger partial charge in [-0.2, -0.15) is 0 Å². The summed E-state index contributed by atoms with van der Waals surface area (Å²) in [6.45, 7) is 0. The highest BCUT2D eigenvalue weighted by atomic mass is 35.5. The molecule has 0 atom stereocenters. The smallest absolute Gasteiger partial charge is 0.323 e. The molecule has 0 heterocycles. The average Bonchev–Trinajstić information content (AvgIpc) is 2.36. The molecule has 0 unspecified atom stereocenters. The van der Waals surface area contributed by atoms with Gasteiger partial charge in [0.15, 0.2) is 0 Å². The van der Waals surface area contributed by atoms with Crippen molar-refractivity contribution in [1.29, 1.82) is 0 Å². The minimum Gasteiger partial charge on any atom is -0.497 e. The van der Waals surface area contributed by atoms with E-state index in [0.717, 1.165) is 0 Å². The summed E-state index contributed by atoms with van der Waals surface area (Å²) in [6, 6.07) is 7.95. The van der Waals surface area contributed by atoms with Gasteiger partial charge in [0.25, 0.3) is 0 Å². The van der Waals surface area contributed by atoms with E-state index in [9.17, 15) is 9.18 Å². The fourth-order valence-corrected chi connectivity index (χ4v) is 2.20. The van der Waals surface area contributed by atoms with E-state index in [1.165, 1.54) is 25.3 Å². The summed E-state index contributed by atoms with van der Waals surface area (Å²) >= 11 is 11.7. The summed E-state index contributed by atoms with van der Waals surface area (Å²) in [5, 5.41) is 5.82. The number of urea groups is 1. The van der Waals surface area contributed by atoms with Crippen molar-refractivity contribution in [2.24, 2.45) is 0 Å². The lowest BCUT2D eigenvalue weighted by molar-refractivity contribution is 0.262. The number of methoxy groups -OCH3 is 1. The number of nitrogens with one attached hydrogen (secondary N) is 2. The van der Waals surface area contributed by atoms with Crippen LogP contribution in [0.25, 0.3) is 0 Å². The van der Waals surface area contributed by atoms with Crippen LogP contribution in [0.1, 0.15) is 0 Å². The number of anilines is 2. The second-order valence-electron chi connectivity index (χ2n) is 4.12. The summed E-state index contributed by atoms with van der Waals surface area (Å²) < 4.78 is 18.2. The van der Waals surface area contributed by atoms with E-state index >= 15 is 0 Å². The Morgan fingerprint density at radius 1 is 1.00 bits per heavy atom.